The van der Waals surface area contributed by atoms with Crippen LogP contribution in [0.25, 0.3) is 33.3 Å². The molecule has 2 aromatic heterocycles. The van der Waals surface area contributed by atoms with Crippen molar-refractivity contribution >= 4 is 33.5 Å². The largest absolute Gasteiger partial charge is 0.451 e. The molecule has 5 aromatic rings. The highest BCUT2D eigenvalue weighted by molar-refractivity contribution is 6.04. The predicted octanol–water partition coefficient (Wildman–Crippen LogP) is 4.85. The molecule has 0 bridgehead atoms. The van der Waals surface area contributed by atoms with Gasteiger partial charge in [-0.25, -0.2) is 9.78 Å². The molecule has 140 valence electrons. The normalized spacial score (nSPS) is 11.0. The highest BCUT2D eigenvalue weighted by Crippen LogP contribution is 2.23. The van der Waals surface area contributed by atoms with E-state index in [1.54, 1.807) is 54.6 Å². The van der Waals surface area contributed by atoms with E-state index >= 15 is 0 Å². The monoisotopic (exact) mass is 382 g/mol. The molecular formula is C23H14N2O4. The van der Waals surface area contributed by atoms with E-state index < -0.39 is 5.63 Å². The van der Waals surface area contributed by atoms with Crippen molar-refractivity contribution in [2.45, 2.75) is 0 Å². The number of carbonyl (C=O) groups excluding carboxylic acids is 1. The topological polar surface area (TPSA) is 85.3 Å². The van der Waals surface area contributed by atoms with Crippen molar-refractivity contribution in [3.63, 3.8) is 0 Å². The third-order valence-electron chi connectivity index (χ3n) is 4.55. The standard InChI is InChI=1S/C23H14N2O4/c26-21(20-13-14-6-1-4-11-19(14)28-20)24-16-8-5-7-15(12-16)22-25-18-10-3-2-9-17(18)23(27)29-22/h1-13H,(H,24,26). The molecule has 0 spiro atoms. The van der Waals surface area contributed by atoms with Crippen LogP contribution in [-0.2, 0) is 0 Å². The number of anilines is 1. The van der Waals surface area contributed by atoms with Crippen LogP contribution in [0.2, 0.25) is 0 Å². The smallest absolute Gasteiger partial charge is 0.347 e. The number of nitrogens with zero attached hydrogens (tertiary/aromatic N) is 1. The van der Waals surface area contributed by atoms with Crippen LogP contribution in [0, 0.1) is 0 Å². The van der Waals surface area contributed by atoms with Gasteiger partial charge < -0.3 is 14.2 Å². The SMILES string of the molecule is O=C(Nc1cccc(-c2nc3ccccc3c(=O)o2)c1)c1cc2ccccc2o1. The van der Waals surface area contributed by atoms with Crippen LogP contribution in [0.15, 0.2) is 92.5 Å². The first-order valence-corrected chi connectivity index (χ1v) is 8.98. The second-order valence-electron chi connectivity index (χ2n) is 6.51. The van der Waals surface area contributed by atoms with Gasteiger partial charge in [0.2, 0.25) is 5.89 Å². The van der Waals surface area contributed by atoms with Crippen LogP contribution in [0.5, 0.6) is 0 Å². The minimum Gasteiger partial charge on any atom is -0.451 e. The number of furan rings is 1. The Labute approximate surface area is 164 Å². The zero-order chi connectivity index (χ0) is 19.8. The summed E-state index contributed by atoms with van der Waals surface area (Å²) >= 11 is 0. The van der Waals surface area contributed by atoms with Crippen LogP contribution in [-0.4, -0.2) is 10.9 Å². The lowest BCUT2D eigenvalue weighted by Gasteiger charge is -2.06. The lowest BCUT2D eigenvalue weighted by atomic mass is 10.2. The minimum atomic E-state index is -0.456. The molecule has 0 radical (unpaired) electrons. The number of rotatable bonds is 3. The van der Waals surface area contributed by atoms with Gasteiger partial charge in [-0.2, -0.15) is 0 Å². The van der Waals surface area contributed by atoms with Gasteiger partial charge in [0.1, 0.15) is 5.58 Å². The molecule has 0 aliphatic rings. The van der Waals surface area contributed by atoms with Gasteiger partial charge in [0.15, 0.2) is 5.76 Å². The summed E-state index contributed by atoms with van der Waals surface area (Å²) < 4.78 is 11.0. The third kappa shape index (κ3) is 3.17. The molecule has 1 N–H and O–H groups in total. The van der Waals surface area contributed by atoms with E-state index in [1.165, 1.54) is 0 Å². The molecule has 0 aliphatic heterocycles. The Bertz CT molecular complexity index is 1400. The molecule has 5 rings (SSSR count). The number of carbonyl (C=O) groups is 1. The second kappa shape index (κ2) is 6.76. The molecule has 29 heavy (non-hydrogen) atoms. The molecule has 0 fully saturated rings. The maximum atomic E-state index is 12.6. The van der Waals surface area contributed by atoms with Crippen molar-refractivity contribution in [1.29, 1.82) is 0 Å². The van der Waals surface area contributed by atoms with Gasteiger partial charge in [0.25, 0.3) is 5.91 Å². The maximum Gasteiger partial charge on any atom is 0.347 e. The average Bonchev–Trinajstić information content (AvgIpc) is 3.18. The van der Waals surface area contributed by atoms with Gasteiger partial charge in [-0.05, 0) is 42.5 Å². The molecule has 0 saturated heterocycles. The first-order valence-electron chi connectivity index (χ1n) is 8.98. The lowest BCUT2D eigenvalue weighted by Crippen LogP contribution is -2.10. The van der Waals surface area contributed by atoms with Gasteiger partial charge in [0, 0.05) is 16.6 Å². The maximum absolute atomic E-state index is 12.6. The van der Waals surface area contributed by atoms with Gasteiger partial charge in [-0.15, -0.1) is 0 Å². The lowest BCUT2D eigenvalue weighted by molar-refractivity contribution is 0.0998. The first-order chi connectivity index (χ1) is 14.2. The molecule has 3 aromatic carbocycles. The number of nitrogens with one attached hydrogen (secondary N) is 1. The quantitative estimate of drug-likeness (QED) is 0.482. The number of fused-ring (bicyclic) bond motifs is 2. The number of para-hydroxylation sites is 2. The van der Waals surface area contributed by atoms with Gasteiger partial charge in [0.05, 0.1) is 10.9 Å². The Morgan fingerprint density at radius 3 is 2.59 bits per heavy atom. The number of amides is 1. The highest BCUT2D eigenvalue weighted by atomic mass is 16.4. The average molecular weight is 382 g/mol. The summed E-state index contributed by atoms with van der Waals surface area (Å²) in [5, 5.41) is 4.08. The number of hydrogen-bond acceptors (Lipinski definition) is 5. The van der Waals surface area contributed by atoms with Crippen molar-refractivity contribution in [1.82, 2.24) is 4.98 Å². The summed E-state index contributed by atoms with van der Waals surface area (Å²) in [6, 6.07) is 23.0. The van der Waals surface area contributed by atoms with Crippen molar-refractivity contribution in [3.8, 4) is 11.5 Å². The van der Waals surface area contributed by atoms with Crippen molar-refractivity contribution < 1.29 is 13.6 Å². The highest BCUT2D eigenvalue weighted by Gasteiger charge is 2.14. The van der Waals surface area contributed by atoms with E-state index in [0.29, 0.717) is 27.7 Å². The zero-order valence-electron chi connectivity index (χ0n) is 15.1. The fourth-order valence-corrected chi connectivity index (χ4v) is 3.16. The third-order valence-corrected chi connectivity index (χ3v) is 4.55. The second-order valence-corrected chi connectivity index (χ2v) is 6.51. The summed E-state index contributed by atoms with van der Waals surface area (Å²) in [6.45, 7) is 0. The molecule has 6 heteroatoms. The molecular weight excluding hydrogens is 368 g/mol. The predicted molar refractivity (Wildman–Crippen MR) is 110 cm³/mol. The Balaban J connectivity index is 1.47. The summed E-state index contributed by atoms with van der Waals surface area (Å²) in [7, 11) is 0. The summed E-state index contributed by atoms with van der Waals surface area (Å²) in [5.41, 5.74) is 1.85. The molecule has 0 atom stereocenters. The van der Waals surface area contributed by atoms with E-state index in [9.17, 15) is 9.59 Å². The van der Waals surface area contributed by atoms with Crippen molar-refractivity contribution in [3.05, 3.63) is 95.0 Å². The van der Waals surface area contributed by atoms with Crippen LogP contribution in [0.4, 0.5) is 5.69 Å². The van der Waals surface area contributed by atoms with Gasteiger partial charge >= 0.3 is 5.63 Å². The molecule has 1 amide bonds. The summed E-state index contributed by atoms with van der Waals surface area (Å²) in [5.74, 6) is 0.0341. The minimum absolute atomic E-state index is 0.188. The molecule has 0 saturated carbocycles. The Hall–Kier alpha value is -4.19. The van der Waals surface area contributed by atoms with E-state index in [2.05, 4.69) is 10.3 Å². The molecule has 0 unspecified atom stereocenters. The summed E-state index contributed by atoms with van der Waals surface area (Å²) in [6.07, 6.45) is 0. The van der Waals surface area contributed by atoms with Gasteiger partial charge in [-0.3, -0.25) is 4.79 Å². The number of aromatic nitrogens is 1. The zero-order valence-corrected chi connectivity index (χ0v) is 15.1. The van der Waals surface area contributed by atoms with Crippen LogP contribution >= 0.6 is 0 Å². The van der Waals surface area contributed by atoms with E-state index in [-0.39, 0.29) is 17.6 Å². The van der Waals surface area contributed by atoms with Crippen LogP contribution in [0.3, 0.4) is 0 Å². The van der Waals surface area contributed by atoms with Crippen molar-refractivity contribution in [2.24, 2.45) is 0 Å². The molecule has 6 nitrogen and oxygen atoms in total. The van der Waals surface area contributed by atoms with Crippen LogP contribution in [0.1, 0.15) is 10.6 Å². The Kier molecular flexibility index (Phi) is 3.95. The van der Waals surface area contributed by atoms with Crippen molar-refractivity contribution in [2.75, 3.05) is 5.32 Å². The first kappa shape index (κ1) is 16.9. The number of benzene rings is 3. The number of hydrogen-bond donors (Lipinski definition) is 1. The Morgan fingerprint density at radius 2 is 1.69 bits per heavy atom. The van der Waals surface area contributed by atoms with E-state index in [0.717, 1.165) is 5.39 Å². The summed E-state index contributed by atoms with van der Waals surface area (Å²) in [4.78, 5) is 29.2. The fraction of sp³-hybridized carbons (Fsp3) is 0. The van der Waals surface area contributed by atoms with Crippen LogP contribution < -0.4 is 10.9 Å². The molecule has 2 heterocycles. The van der Waals surface area contributed by atoms with E-state index in [1.807, 2.05) is 24.3 Å². The Morgan fingerprint density at radius 1 is 0.862 bits per heavy atom. The fourth-order valence-electron chi connectivity index (χ4n) is 3.16. The molecule has 0 aliphatic carbocycles. The van der Waals surface area contributed by atoms with E-state index in [4.69, 9.17) is 8.83 Å². The van der Waals surface area contributed by atoms with Gasteiger partial charge in [-0.1, -0.05) is 36.4 Å².